The van der Waals surface area contributed by atoms with Crippen LogP contribution in [0.3, 0.4) is 0 Å². The van der Waals surface area contributed by atoms with Gasteiger partial charge in [-0.2, -0.15) is 0 Å². The van der Waals surface area contributed by atoms with Crippen molar-refractivity contribution in [2.75, 3.05) is 19.4 Å². The topological polar surface area (TPSA) is 77.3 Å². The van der Waals surface area contributed by atoms with Crippen LogP contribution in [0.25, 0.3) is 11.4 Å². The summed E-state index contributed by atoms with van der Waals surface area (Å²) in [6.07, 6.45) is 1.21. The summed E-state index contributed by atoms with van der Waals surface area (Å²) < 4.78 is 7.25. The summed E-state index contributed by atoms with van der Waals surface area (Å²) in [5.74, 6) is 1.89. The number of thioether (sulfide) groups is 1. The molecule has 1 aliphatic heterocycles. The van der Waals surface area contributed by atoms with Gasteiger partial charge < -0.3 is 9.30 Å². The van der Waals surface area contributed by atoms with Gasteiger partial charge in [0.2, 0.25) is 11.8 Å². The molecule has 3 rings (SSSR count). The number of rotatable bonds is 7. The van der Waals surface area contributed by atoms with Crippen molar-refractivity contribution in [3.63, 3.8) is 0 Å². The Morgan fingerprint density at radius 1 is 1.26 bits per heavy atom. The zero-order valence-corrected chi connectivity index (χ0v) is 16.7. The zero-order chi connectivity index (χ0) is 19.4. The van der Waals surface area contributed by atoms with Gasteiger partial charge in [0, 0.05) is 25.1 Å². The van der Waals surface area contributed by atoms with Crippen LogP contribution in [0.1, 0.15) is 26.7 Å². The molecular weight excluding hydrogens is 364 g/mol. The van der Waals surface area contributed by atoms with E-state index in [4.69, 9.17) is 4.74 Å². The highest BCUT2D eigenvalue weighted by molar-refractivity contribution is 7.99. The number of ether oxygens (including phenoxy) is 1. The number of nitrogens with zero attached hydrogens (tertiary/aromatic N) is 4. The van der Waals surface area contributed by atoms with E-state index in [0.29, 0.717) is 24.0 Å². The van der Waals surface area contributed by atoms with Crippen molar-refractivity contribution in [2.45, 2.75) is 38.4 Å². The summed E-state index contributed by atoms with van der Waals surface area (Å²) in [5, 5.41) is 9.33. The van der Waals surface area contributed by atoms with E-state index in [1.165, 1.54) is 16.7 Å². The Bertz CT molecular complexity index is 817. The molecule has 1 saturated heterocycles. The second-order valence-electron chi connectivity index (χ2n) is 6.87. The number of carbonyl (C=O) groups excluding carboxylic acids is 2. The average Bonchev–Trinajstić information content (AvgIpc) is 3.25. The number of hydrogen-bond acceptors (Lipinski definition) is 6. The molecular formula is C19H24N4O3S. The Kier molecular flexibility index (Phi) is 6.15. The van der Waals surface area contributed by atoms with Crippen molar-refractivity contribution in [3.05, 3.63) is 24.3 Å². The maximum absolute atomic E-state index is 12.3. The Balaban J connectivity index is 1.79. The molecule has 0 atom stereocenters. The monoisotopic (exact) mass is 388 g/mol. The number of likely N-dealkylation sites (tertiary alicyclic amines) is 1. The van der Waals surface area contributed by atoms with E-state index in [9.17, 15) is 9.59 Å². The van der Waals surface area contributed by atoms with Crippen molar-refractivity contribution in [1.29, 1.82) is 0 Å². The summed E-state index contributed by atoms with van der Waals surface area (Å²) in [6, 6.07) is 7.67. The SMILES string of the molecule is COc1ccc(-c2nnc(SCC(=O)N3CCCC3=O)n2CC(C)C)cc1. The lowest BCUT2D eigenvalue weighted by Gasteiger charge is -2.14. The second-order valence-corrected chi connectivity index (χ2v) is 7.81. The Morgan fingerprint density at radius 3 is 2.59 bits per heavy atom. The van der Waals surface area contributed by atoms with Gasteiger partial charge in [0.05, 0.1) is 12.9 Å². The Hall–Kier alpha value is -2.35. The number of amides is 2. The lowest BCUT2D eigenvalue weighted by atomic mass is 10.2. The third kappa shape index (κ3) is 4.50. The van der Waals surface area contributed by atoms with E-state index in [0.717, 1.165) is 30.1 Å². The largest absolute Gasteiger partial charge is 0.497 e. The molecule has 1 aromatic heterocycles. The summed E-state index contributed by atoms with van der Waals surface area (Å²) in [7, 11) is 1.63. The highest BCUT2D eigenvalue weighted by atomic mass is 32.2. The van der Waals surface area contributed by atoms with Gasteiger partial charge in [-0.05, 0) is 36.6 Å². The van der Waals surface area contributed by atoms with Gasteiger partial charge in [-0.15, -0.1) is 10.2 Å². The maximum Gasteiger partial charge on any atom is 0.239 e. The van der Waals surface area contributed by atoms with Gasteiger partial charge in [-0.3, -0.25) is 14.5 Å². The van der Waals surface area contributed by atoms with Crippen LogP contribution in [0.2, 0.25) is 0 Å². The molecule has 0 radical (unpaired) electrons. The van der Waals surface area contributed by atoms with Gasteiger partial charge in [0.15, 0.2) is 11.0 Å². The molecule has 1 aromatic carbocycles. The van der Waals surface area contributed by atoms with E-state index >= 15 is 0 Å². The van der Waals surface area contributed by atoms with Crippen molar-refractivity contribution in [3.8, 4) is 17.1 Å². The minimum Gasteiger partial charge on any atom is -0.497 e. The molecule has 2 amide bonds. The first-order chi connectivity index (χ1) is 13.0. The molecule has 0 saturated carbocycles. The van der Waals surface area contributed by atoms with E-state index in [1.54, 1.807) is 7.11 Å². The predicted molar refractivity (Wildman–Crippen MR) is 104 cm³/mol. The quantitative estimate of drug-likeness (QED) is 0.679. The van der Waals surface area contributed by atoms with Crippen molar-refractivity contribution >= 4 is 23.6 Å². The molecule has 27 heavy (non-hydrogen) atoms. The molecule has 2 aromatic rings. The van der Waals surface area contributed by atoms with Gasteiger partial charge >= 0.3 is 0 Å². The van der Waals surface area contributed by atoms with Crippen LogP contribution in [0.15, 0.2) is 29.4 Å². The third-order valence-corrected chi connectivity index (χ3v) is 5.26. The Labute approximate surface area is 163 Å². The smallest absolute Gasteiger partial charge is 0.239 e. The standard InChI is InChI=1S/C19H24N4O3S/c1-13(2)11-23-18(14-6-8-15(26-3)9-7-14)20-21-19(23)27-12-17(25)22-10-4-5-16(22)24/h6-9,13H,4-5,10-12H2,1-3H3. The molecule has 0 aliphatic carbocycles. The molecule has 7 nitrogen and oxygen atoms in total. The highest BCUT2D eigenvalue weighted by Crippen LogP contribution is 2.27. The van der Waals surface area contributed by atoms with Crippen LogP contribution >= 0.6 is 11.8 Å². The predicted octanol–water partition coefficient (Wildman–Crippen LogP) is 2.85. The Morgan fingerprint density at radius 2 is 2.00 bits per heavy atom. The fourth-order valence-corrected chi connectivity index (χ4v) is 3.82. The molecule has 0 N–H and O–H groups in total. The fourth-order valence-electron chi connectivity index (χ4n) is 2.99. The molecule has 8 heteroatoms. The van der Waals surface area contributed by atoms with E-state index < -0.39 is 0 Å². The number of benzene rings is 1. The van der Waals surface area contributed by atoms with Crippen molar-refractivity contribution < 1.29 is 14.3 Å². The molecule has 0 bridgehead atoms. The van der Waals surface area contributed by atoms with Crippen LogP contribution in [0, 0.1) is 5.92 Å². The van der Waals surface area contributed by atoms with Crippen LogP contribution in [0.4, 0.5) is 0 Å². The van der Waals surface area contributed by atoms with Crippen LogP contribution in [-0.2, 0) is 16.1 Å². The van der Waals surface area contributed by atoms with Crippen LogP contribution < -0.4 is 4.74 Å². The maximum atomic E-state index is 12.3. The minimum atomic E-state index is -0.160. The zero-order valence-electron chi connectivity index (χ0n) is 15.8. The van der Waals surface area contributed by atoms with E-state index in [2.05, 4.69) is 24.0 Å². The molecule has 0 unspecified atom stereocenters. The molecule has 2 heterocycles. The summed E-state index contributed by atoms with van der Waals surface area (Å²) >= 11 is 1.33. The number of hydrogen-bond donors (Lipinski definition) is 0. The lowest BCUT2D eigenvalue weighted by Crippen LogP contribution is -2.33. The summed E-state index contributed by atoms with van der Waals surface area (Å²) in [6.45, 7) is 5.52. The molecule has 144 valence electrons. The van der Waals surface area contributed by atoms with Crippen molar-refractivity contribution in [1.82, 2.24) is 19.7 Å². The highest BCUT2D eigenvalue weighted by Gasteiger charge is 2.27. The first-order valence-corrected chi connectivity index (χ1v) is 10.0. The minimum absolute atomic E-state index is 0.0804. The van der Waals surface area contributed by atoms with Gasteiger partial charge in [-0.1, -0.05) is 25.6 Å². The number of imide groups is 1. The normalized spacial score (nSPS) is 14.2. The van der Waals surface area contributed by atoms with Crippen LogP contribution in [0.5, 0.6) is 5.75 Å². The fraction of sp³-hybridized carbons (Fsp3) is 0.474. The third-order valence-electron chi connectivity index (χ3n) is 4.31. The van der Waals surface area contributed by atoms with Crippen LogP contribution in [-0.4, -0.2) is 50.9 Å². The average molecular weight is 388 g/mol. The first kappa shape index (κ1) is 19.4. The van der Waals surface area contributed by atoms with Gasteiger partial charge in [0.1, 0.15) is 5.75 Å². The lowest BCUT2D eigenvalue weighted by molar-refractivity contribution is -0.140. The number of aromatic nitrogens is 3. The second kappa shape index (κ2) is 8.56. The van der Waals surface area contributed by atoms with Gasteiger partial charge in [0.25, 0.3) is 0 Å². The first-order valence-electron chi connectivity index (χ1n) is 9.03. The van der Waals surface area contributed by atoms with Gasteiger partial charge in [-0.25, -0.2) is 0 Å². The van der Waals surface area contributed by atoms with E-state index in [-0.39, 0.29) is 17.6 Å². The summed E-state index contributed by atoms with van der Waals surface area (Å²) in [4.78, 5) is 25.4. The number of carbonyl (C=O) groups is 2. The molecule has 1 aliphatic rings. The van der Waals surface area contributed by atoms with Crippen molar-refractivity contribution in [2.24, 2.45) is 5.92 Å². The van der Waals surface area contributed by atoms with E-state index in [1.807, 2.05) is 28.8 Å². The summed E-state index contributed by atoms with van der Waals surface area (Å²) in [5.41, 5.74) is 0.942. The number of methoxy groups -OCH3 is 1. The molecule has 0 spiro atoms. The molecule has 1 fully saturated rings.